The monoisotopic (exact) mass is 522 g/mol. The van der Waals surface area contributed by atoms with Gasteiger partial charge in [-0.25, -0.2) is 0 Å². The highest BCUT2D eigenvalue weighted by atomic mass is 19.4. The van der Waals surface area contributed by atoms with Crippen LogP contribution in [0.4, 0.5) is 26.3 Å². The van der Waals surface area contributed by atoms with Crippen LogP contribution in [0.5, 0.6) is 5.75 Å². The largest absolute Gasteiger partial charge is 0.488 e. The van der Waals surface area contributed by atoms with Gasteiger partial charge in [-0.2, -0.15) is 26.3 Å². The molecule has 1 N–H and O–H groups in total. The van der Waals surface area contributed by atoms with Crippen LogP contribution in [-0.4, -0.2) is 16.9 Å². The van der Waals surface area contributed by atoms with E-state index in [-0.39, 0.29) is 48.3 Å². The number of halogens is 6. The van der Waals surface area contributed by atoms with Crippen LogP contribution in [0.1, 0.15) is 55.7 Å². The summed E-state index contributed by atoms with van der Waals surface area (Å²) in [7, 11) is 0. The molecule has 0 saturated carbocycles. The Bertz CT molecular complexity index is 1360. The van der Waals surface area contributed by atoms with Crippen LogP contribution in [0.3, 0.4) is 0 Å². The lowest BCUT2D eigenvalue weighted by atomic mass is 9.88. The Hall–Kier alpha value is -3.82. The number of hydrogen-bond donors (Lipinski definition) is 1. The van der Waals surface area contributed by atoms with E-state index >= 15 is 0 Å². The molecule has 0 aromatic heterocycles. The molecule has 3 aromatic carbocycles. The van der Waals surface area contributed by atoms with Gasteiger partial charge in [-0.15, -0.1) is 0 Å². The van der Waals surface area contributed by atoms with Crippen LogP contribution in [-0.2, 0) is 43.0 Å². The number of rotatable bonds is 6. The molecule has 4 rings (SSSR count). The number of aryl methyl sites for hydroxylation is 1. The lowest BCUT2D eigenvalue weighted by molar-refractivity contribution is -0.138. The molecule has 3 aromatic rings. The van der Waals surface area contributed by atoms with Crippen LogP contribution in [0.25, 0.3) is 0 Å². The van der Waals surface area contributed by atoms with Crippen molar-refractivity contribution in [1.29, 1.82) is 0 Å². The normalized spacial score (nSPS) is 13.4. The van der Waals surface area contributed by atoms with Gasteiger partial charge in [0.2, 0.25) is 0 Å². The quantitative estimate of drug-likeness (QED) is 0.368. The molecule has 194 valence electrons. The Kier molecular flexibility index (Phi) is 7.03. The summed E-state index contributed by atoms with van der Waals surface area (Å²) in [5, 5.41) is 9.36. The first-order chi connectivity index (χ1) is 17.3. The summed E-state index contributed by atoms with van der Waals surface area (Å²) in [6.45, 7) is -0.292. The summed E-state index contributed by atoms with van der Waals surface area (Å²) in [5.74, 6) is -1.65. The number of ether oxygens (including phenoxy) is 1. The van der Waals surface area contributed by atoms with Gasteiger partial charge in [-0.05, 0) is 60.2 Å². The summed E-state index contributed by atoms with van der Waals surface area (Å²) in [4.78, 5) is 25.0. The average Bonchev–Trinajstić information content (AvgIpc) is 2.95. The van der Waals surface area contributed by atoms with Gasteiger partial charge in [0.1, 0.15) is 12.4 Å². The smallest absolute Gasteiger partial charge is 0.416 e. The first kappa shape index (κ1) is 26.2. The number of ketones is 1. The van der Waals surface area contributed by atoms with Crippen molar-refractivity contribution in [3.05, 3.63) is 99.1 Å². The van der Waals surface area contributed by atoms with E-state index in [0.29, 0.717) is 16.7 Å². The minimum Gasteiger partial charge on any atom is -0.488 e. The molecule has 1 aliphatic heterocycles. The van der Waals surface area contributed by atoms with E-state index in [1.165, 1.54) is 18.2 Å². The molecule has 0 amide bonds. The van der Waals surface area contributed by atoms with Crippen molar-refractivity contribution in [2.24, 2.45) is 0 Å². The van der Waals surface area contributed by atoms with E-state index in [9.17, 15) is 41.0 Å². The van der Waals surface area contributed by atoms with Gasteiger partial charge < -0.3 is 9.84 Å². The van der Waals surface area contributed by atoms with Gasteiger partial charge >= 0.3 is 18.3 Å². The zero-order chi connectivity index (χ0) is 27.0. The maximum Gasteiger partial charge on any atom is 0.416 e. The summed E-state index contributed by atoms with van der Waals surface area (Å²) in [6.07, 6.45) is -8.87. The number of benzene rings is 3. The van der Waals surface area contributed by atoms with E-state index in [2.05, 4.69) is 0 Å². The summed E-state index contributed by atoms with van der Waals surface area (Å²) < 4.78 is 84.3. The van der Waals surface area contributed by atoms with Crippen molar-refractivity contribution in [3.8, 4) is 5.75 Å². The number of aliphatic carboxylic acids is 1. The van der Waals surface area contributed by atoms with Gasteiger partial charge in [-0.1, -0.05) is 30.3 Å². The zero-order valence-electron chi connectivity index (χ0n) is 19.2. The van der Waals surface area contributed by atoms with E-state index in [4.69, 9.17) is 4.74 Å². The summed E-state index contributed by atoms with van der Waals surface area (Å²) in [6, 6.07) is 10.5. The van der Waals surface area contributed by atoms with E-state index < -0.39 is 41.7 Å². The van der Waals surface area contributed by atoms with Crippen LogP contribution < -0.4 is 4.74 Å². The Morgan fingerprint density at radius 2 is 1.59 bits per heavy atom. The topological polar surface area (TPSA) is 63.6 Å². The second-order valence-corrected chi connectivity index (χ2v) is 8.69. The van der Waals surface area contributed by atoms with Crippen molar-refractivity contribution in [3.63, 3.8) is 0 Å². The lowest BCUT2D eigenvalue weighted by Crippen LogP contribution is -2.13. The fraction of sp³-hybridized carbons (Fsp3) is 0.259. The molecule has 4 nitrogen and oxygen atoms in total. The van der Waals surface area contributed by atoms with Crippen molar-refractivity contribution < 1.29 is 45.8 Å². The number of fused-ring (bicyclic) bond motifs is 2. The highest BCUT2D eigenvalue weighted by Crippen LogP contribution is 2.37. The molecule has 0 radical (unpaired) electrons. The number of carboxylic acids is 1. The summed E-state index contributed by atoms with van der Waals surface area (Å²) >= 11 is 0. The molecule has 0 unspecified atom stereocenters. The van der Waals surface area contributed by atoms with E-state index in [1.807, 2.05) is 0 Å². The van der Waals surface area contributed by atoms with Gasteiger partial charge in [0.25, 0.3) is 0 Å². The number of carbonyl (C=O) groups is 2. The van der Waals surface area contributed by atoms with Crippen LogP contribution in [0.2, 0.25) is 0 Å². The highest BCUT2D eigenvalue weighted by molar-refractivity contribution is 6.13. The highest BCUT2D eigenvalue weighted by Gasteiger charge is 2.34. The Morgan fingerprint density at radius 1 is 0.892 bits per heavy atom. The Morgan fingerprint density at radius 3 is 2.27 bits per heavy atom. The number of carbonyl (C=O) groups excluding carboxylic acids is 1. The predicted molar refractivity (Wildman–Crippen MR) is 120 cm³/mol. The maximum absolute atomic E-state index is 13.5. The molecule has 1 heterocycles. The second-order valence-electron chi connectivity index (χ2n) is 8.69. The van der Waals surface area contributed by atoms with E-state index in [0.717, 1.165) is 30.3 Å². The van der Waals surface area contributed by atoms with E-state index in [1.54, 1.807) is 6.07 Å². The maximum atomic E-state index is 13.5. The first-order valence-corrected chi connectivity index (χ1v) is 11.2. The van der Waals surface area contributed by atoms with Crippen LogP contribution in [0, 0.1) is 0 Å². The first-order valence-electron chi connectivity index (χ1n) is 11.2. The number of alkyl halides is 6. The molecule has 0 atom stereocenters. The molecule has 1 aliphatic rings. The van der Waals surface area contributed by atoms with Gasteiger partial charge in [-0.3, -0.25) is 9.59 Å². The third-order valence-electron chi connectivity index (χ3n) is 6.15. The lowest BCUT2D eigenvalue weighted by Gasteiger charge is -2.16. The molecular weight excluding hydrogens is 502 g/mol. The van der Waals surface area contributed by atoms with Crippen molar-refractivity contribution in [1.82, 2.24) is 0 Å². The molecule has 0 aliphatic carbocycles. The zero-order valence-corrected chi connectivity index (χ0v) is 19.2. The Balaban J connectivity index is 1.69. The fourth-order valence-electron chi connectivity index (χ4n) is 4.43. The average molecular weight is 522 g/mol. The van der Waals surface area contributed by atoms with Crippen LogP contribution in [0.15, 0.2) is 54.6 Å². The SMILES string of the molecule is O=C(O)Cc1ccc2c(c1CCCc1cccc(C(F)(F)F)c1)C(=O)c1ccc(C(F)(F)F)cc1CO2. The minimum atomic E-state index is -4.61. The standard InChI is InChI=1S/C27H20F6O4/c28-26(29,30)18-5-1-3-15(11-18)4-2-6-20-16(13-23(34)35)7-10-22-24(20)25(36)21-9-8-19(27(31,32)33)12-17(21)14-37-22/h1,3,5,7-12H,2,4,6,13-14H2,(H,34,35). The molecule has 0 spiro atoms. The number of hydrogen-bond acceptors (Lipinski definition) is 3. The van der Waals surface area contributed by atoms with Crippen LogP contribution >= 0.6 is 0 Å². The van der Waals surface area contributed by atoms with Crippen molar-refractivity contribution in [2.45, 2.75) is 44.6 Å². The van der Waals surface area contributed by atoms with Gasteiger partial charge in [0.15, 0.2) is 5.78 Å². The molecular formula is C27H20F6O4. The molecule has 0 saturated heterocycles. The van der Waals surface area contributed by atoms with Gasteiger partial charge in [0, 0.05) is 11.1 Å². The van der Waals surface area contributed by atoms with Crippen molar-refractivity contribution in [2.75, 3.05) is 0 Å². The fourth-order valence-corrected chi connectivity index (χ4v) is 4.43. The molecule has 37 heavy (non-hydrogen) atoms. The third-order valence-corrected chi connectivity index (χ3v) is 6.15. The van der Waals surface area contributed by atoms with Crippen molar-refractivity contribution >= 4 is 11.8 Å². The molecule has 10 heteroatoms. The minimum absolute atomic E-state index is 0.0124. The number of carboxylic acid groups (broad SMARTS) is 1. The molecule has 0 fully saturated rings. The summed E-state index contributed by atoms with van der Waals surface area (Å²) in [5.41, 5.74) is -0.508. The third kappa shape index (κ3) is 5.79. The van der Waals surface area contributed by atoms with Gasteiger partial charge in [0.05, 0.1) is 23.1 Å². The Labute approximate surface area is 207 Å². The second kappa shape index (κ2) is 9.91. The molecule has 0 bridgehead atoms. The predicted octanol–water partition coefficient (Wildman–Crippen LogP) is 6.65.